The molecule has 2 aliphatic carbocycles. The van der Waals surface area contributed by atoms with Crippen molar-refractivity contribution < 1.29 is 4.79 Å². The number of likely N-dealkylation sites (tertiary alicyclic amines) is 1. The first kappa shape index (κ1) is 24.6. The molecule has 4 heterocycles. The molecule has 3 saturated heterocycles. The number of benzene rings is 1. The van der Waals surface area contributed by atoms with Gasteiger partial charge >= 0.3 is 6.03 Å². The summed E-state index contributed by atoms with van der Waals surface area (Å²) in [4.78, 5) is 21.5. The number of anilines is 1. The van der Waals surface area contributed by atoms with Gasteiger partial charge in [-0.2, -0.15) is 5.21 Å². The zero-order valence-corrected chi connectivity index (χ0v) is 22.6. The zero-order valence-electron chi connectivity index (χ0n) is 22.6. The Kier molecular flexibility index (Phi) is 6.84. The van der Waals surface area contributed by atoms with Crippen molar-refractivity contribution in [1.82, 2.24) is 30.4 Å². The minimum absolute atomic E-state index is 0.0994. The number of carbonyl (C=O) groups is 1. The number of urea groups is 1. The van der Waals surface area contributed by atoms with Crippen LogP contribution in [-0.2, 0) is 0 Å². The predicted octanol–water partition coefficient (Wildman–Crippen LogP) is 5.71. The largest absolute Gasteiger partial charge is 0.325 e. The highest BCUT2D eigenvalue weighted by atomic mass is 16.2. The average molecular weight is 518 g/mol. The third-order valence-corrected chi connectivity index (χ3v) is 10.5. The first-order valence-corrected chi connectivity index (χ1v) is 15.4. The van der Waals surface area contributed by atoms with Gasteiger partial charge in [0.05, 0.1) is 6.04 Å². The number of H-pyrrole nitrogens is 1. The lowest BCUT2D eigenvalue weighted by atomic mass is 9.73. The number of nitrogens with one attached hydrogen (secondary N) is 1. The summed E-state index contributed by atoms with van der Waals surface area (Å²) in [7, 11) is 0. The summed E-state index contributed by atoms with van der Waals surface area (Å²) in [6.07, 6.45) is 18.0. The molecular formula is C30H43N7O. The lowest BCUT2D eigenvalue weighted by molar-refractivity contribution is -0.0332. The summed E-state index contributed by atoms with van der Waals surface area (Å²) in [5.74, 6) is 2.52. The molecule has 1 N–H and O–H groups in total. The fourth-order valence-electron chi connectivity index (χ4n) is 9.09. The molecule has 5 atom stereocenters. The molecule has 8 heteroatoms. The topological polar surface area (TPSA) is 81.2 Å². The normalized spacial score (nSPS) is 35.6. The van der Waals surface area contributed by atoms with Crippen molar-refractivity contribution in [2.45, 2.75) is 120 Å². The molecule has 8 nitrogen and oxygen atoms in total. The van der Waals surface area contributed by atoms with Crippen molar-refractivity contribution >= 4 is 11.7 Å². The third kappa shape index (κ3) is 4.63. The van der Waals surface area contributed by atoms with Gasteiger partial charge in [0.1, 0.15) is 0 Å². The molecule has 2 amide bonds. The number of hydrogen-bond donors (Lipinski definition) is 1. The van der Waals surface area contributed by atoms with Crippen LogP contribution in [0, 0.1) is 11.8 Å². The summed E-state index contributed by atoms with van der Waals surface area (Å²) in [5, 5.41) is 14.9. The van der Waals surface area contributed by atoms with Crippen molar-refractivity contribution in [1.29, 1.82) is 0 Å². The average Bonchev–Trinajstić information content (AvgIpc) is 3.61. The van der Waals surface area contributed by atoms with E-state index in [1.807, 2.05) is 11.0 Å². The molecule has 2 aromatic rings. The molecule has 5 unspecified atom stereocenters. The van der Waals surface area contributed by atoms with E-state index >= 15 is 0 Å². The zero-order chi connectivity index (χ0) is 25.5. The Bertz CT molecular complexity index is 1050. The first-order valence-electron chi connectivity index (χ1n) is 15.4. The highest BCUT2D eigenvalue weighted by molar-refractivity contribution is 5.93. The van der Waals surface area contributed by atoms with Crippen LogP contribution in [0.25, 0.3) is 0 Å². The minimum Gasteiger partial charge on any atom is -0.314 e. The van der Waals surface area contributed by atoms with Gasteiger partial charge in [-0.15, -0.1) is 10.2 Å². The smallest absolute Gasteiger partial charge is 0.314 e. The predicted molar refractivity (Wildman–Crippen MR) is 147 cm³/mol. The number of fused-ring (bicyclic) bond motifs is 4. The number of piperidine rings is 2. The molecule has 5 aliphatic rings. The van der Waals surface area contributed by atoms with E-state index in [1.54, 1.807) is 0 Å². The number of tetrazole rings is 1. The van der Waals surface area contributed by atoms with Crippen LogP contribution < -0.4 is 4.90 Å². The Labute approximate surface area is 226 Å². The van der Waals surface area contributed by atoms with E-state index in [2.05, 4.69) is 54.7 Å². The van der Waals surface area contributed by atoms with Gasteiger partial charge in [0.2, 0.25) is 0 Å². The van der Waals surface area contributed by atoms with E-state index in [0.29, 0.717) is 17.9 Å². The first-order chi connectivity index (χ1) is 18.7. The molecule has 204 valence electrons. The Morgan fingerprint density at radius 2 is 1.55 bits per heavy atom. The maximum absolute atomic E-state index is 14.4. The van der Waals surface area contributed by atoms with Crippen LogP contribution in [0.5, 0.6) is 0 Å². The number of amides is 2. The summed E-state index contributed by atoms with van der Waals surface area (Å²) >= 11 is 0. The van der Waals surface area contributed by atoms with E-state index in [0.717, 1.165) is 55.8 Å². The van der Waals surface area contributed by atoms with Gasteiger partial charge in [-0.3, -0.25) is 9.80 Å². The molecule has 1 aromatic carbocycles. The van der Waals surface area contributed by atoms with Crippen molar-refractivity contribution in [3.8, 4) is 0 Å². The van der Waals surface area contributed by atoms with Crippen LogP contribution in [0.3, 0.4) is 0 Å². The molecular weight excluding hydrogens is 474 g/mol. The molecule has 5 fully saturated rings. The van der Waals surface area contributed by atoms with Crippen LogP contribution in [0.15, 0.2) is 30.3 Å². The molecule has 4 bridgehead atoms. The monoisotopic (exact) mass is 517 g/mol. The van der Waals surface area contributed by atoms with E-state index < -0.39 is 0 Å². The van der Waals surface area contributed by atoms with Crippen molar-refractivity contribution in [3.05, 3.63) is 36.2 Å². The number of carbonyl (C=O) groups excluding carboxylic acids is 1. The quantitative estimate of drug-likeness (QED) is 0.562. The highest BCUT2D eigenvalue weighted by Gasteiger charge is 2.47. The SMILES string of the molecule is O=C(N1CCCC1c1nn[nH]n1)N(c1ccccc1)C1CC2CCCC(C1)N2C1CC2CCCCC(C2)C1. The van der Waals surface area contributed by atoms with Gasteiger partial charge in [0.15, 0.2) is 5.82 Å². The van der Waals surface area contributed by atoms with Crippen LogP contribution in [0.4, 0.5) is 10.5 Å². The van der Waals surface area contributed by atoms with Crippen molar-refractivity contribution in [2.75, 3.05) is 11.4 Å². The third-order valence-electron chi connectivity index (χ3n) is 10.5. The van der Waals surface area contributed by atoms with Crippen molar-refractivity contribution in [3.63, 3.8) is 0 Å². The highest BCUT2D eigenvalue weighted by Crippen LogP contribution is 2.46. The fraction of sp³-hybridized carbons (Fsp3) is 0.733. The van der Waals surface area contributed by atoms with Crippen LogP contribution in [0.1, 0.15) is 102 Å². The summed E-state index contributed by atoms with van der Waals surface area (Å²) < 4.78 is 0. The number of aromatic amines is 1. The maximum Gasteiger partial charge on any atom is 0.325 e. The number of aromatic nitrogens is 4. The number of hydrogen-bond acceptors (Lipinski definition) is 5. The second-order valence-corrected chi connectivity index (χ2v) is 12.8. The molecule has 0 radical (unpaired) electrons. The van der Waals surface area contributed by atoms with Gasteiger partial charge in [-0.05, 0) is 81.8 Å². The molecule has 7 rings (SSSR count). The minimum atomic E-state index is -0.0994. The van der Waals surface area contributed by atoms with E-state index in [1.165, 1.54) is 64.2 Å². The molecule has 0 spiro atoms. The summed E-state index contributed by atoms with van der Waals surface area (Å²) in [6, 6.07) is 12.6. The van der Waals surface area contributed by atoms with E-state index in [-0.39, 0.29) is 18.1 Å². The Morgan fingerprint density at radius 3 is 2.24 bits per heavy atom. The lowest BCUT2D eigenvalue weighted by Crippen LogP contribution is -2.62. The number of rotatable bonds is 4. The van der Waals surface area contributed by atoms with Gasteiger partial charge in [0.25, 0.3) is 0 Å². The van der Waals surface area contributed by atoms with Crippen LogP contribution in [-0.4, -0.2) is 67.2 Å². The summed E-state index contributed by atoms with van der Waals surface area (Å²) in [5.41, 5.74) is 1.02. The standard InChI is InChI=1S/C30H43N7O/c38-30(35-15-7-14-28(35)29-31-33-34-32-29)37(23-10-2-1-3-11-23)27-19-24-12-6-13-25(20-27)36(24)26-17-21-8-4-5-9-22(16-21)18-26/h1-3,10-11,21-22,24-28H,4-9,12-20H2,(H,31,32,33,34). The fourth-order valence-corrected chi connectivity index (χ4v) is 9.09. The van der Waals surface area contributed by atoms with Crippen molar-refractivity contribution in [2.24, 2.45) is 11.8 Å². The lowest BCUT2D eigenvalue weighted by Gasteiger charge is -2.56. The van der Waals surface area contributed by atoms with Gasteiger partial charge in [-0.1, -0.05) is 55.5 Å². The Morgan fingerprint density at radius 1 is 0.816 bits per heavy atom. The van der Waals surface area contributed by atoms with Crippen LogP contribution in [0.2, 0.25) is 0 Å². The van der Waals surface area contributed by atoms with Gasteiger partial charge in [-0.25, -0.2) is 4.79 Å². The molecule has 1 aromatic heterocycles. The van der Waals surface area contributed by atoms with Gasteiger partial charge < -0.3 is 4.90 Å². The van der Waals surface area contributed by atoms with Crippen LogP contribution >= 0.6 is 0 Å². The second kappa shape index (κ2) is 10.6. The number of nitrogens with zero attached hydrogens (tertiary/aromatic N) is 6. The molecule has 2 saturated carbocycles. The summed E-state index contributed by atoms with van der Waals surface area (Å²) in [6.45, 7) is 0.748. The Hall–Kier alpha value is -2.48. The maximum atomic E-state index is 14.4. The molecule has 38 heavy (non-hydrogen) atoms. The Balaban J connectivity index is 1.15. The number of para-hydroxylation sites is 1. The van der Waals surface area contributed by atoms with E-state index in [9.17, 15) is 4.79 Å². The second-order valence-electron chi connectivity index (χ2n) is 12.8. The molecule has 3 aliphatic heterocycles. The van der Waals surface area contributed by atoms with Gasteiger partial charge in [0, 0.05) is 36.4 Å². The van der Waals surface area contributed by atoms with E-state index in [4.69, 9.17) is 0 Å².